The average Bonchev–Trinajstić information content (AvgIpc) is 3.10. The molecule has 1 nitrogen and oxygen atoms in total. The van der Waals surface area contributed by atoms with Crippen molar-refractivity contribution in [3.63, 3.8) is 0 Å². The average molecular weight is 430 g/mol. The van der Waals surface area contributed by atoms with Crippen LogP contribution in [0.1, 0.15) is 26.3 Å². The predicted octanol–water partition coefficient (Wildman–Crippen LogP) is 8.36. The van der Waals surface area contributed by atoms with Crippen molar-refractivity contribution in [1.82, 2.24) is 4.98 Å². The van der Waals surface area contributed by atoms with Crippen LogP contribution in [0.3, 0.4) is 0 Å². The second-order valence-electron chi connectivity index (χ2n) is 8.83. The molecule has 3 aromatic carbocycles. The Morgan fingerprint density at radius 1 is 0.774 bits per heavy atom. The molecule has 4 heteroatoms. The van der Waals surface area contributed by atoms with Crippen molar-refractivity contribution in [2.24, 2.45) is 0 Å². The Morgan fingerprint density at radius 3 is 2.29 bits per heavy atom. The number of nitrogens with zero attached hydrogens (tertiary/aromatic N) is 1. The second kappa shape index (κ2) is 7.24. The van der Waals surface area contributed by atoms with Crippen LogP contribution >= 0.6 is 11.3 Å². The minimum atomic E-state index is -0.571. The minimum absolute atomic E-state index is 0.0425. The summed E-state index contributed by atoms with van der Waals surface area (Å²) in [5, 5.41) is 2.30. The lowest BCUT2D eigenvalue weighted by Crippen LogP contribution is -2.11. The number of rotatable bonds is 2. The van der Waals surface area contributed by atoms with Gasteiger partial charge in [0.15, 0.2) is 0 Å². The van der Waals surface area contributed by atoms with E-state index in [1.807, 2.05) is 24.4 Å². The molecule has 0 saturated heterocycles. The molecule has 5 rings (SSSR count). The van der Waals surface area contributed by atoms with Crippen molar-refractivity contribution in [3.05, 3.63) is 90.1 Å². The fourth-order valence-electron chi connectivity index (χ4n) is 3.94. The quantitative estimate of drug-likeness (QED) is 0.275. The zero-order valence-corrected chi connectivity index (χ0v) is 18.4. The number of halogens is 2. The second-order valence-corrected chi connectivity index (χ2v) is 9.89. The third-order valence-electron chi connectivity index (χ3n) is 5.60. The van der Waals surface area contributed by atoms with Crippen LogP contribution in [0.5, 0.6) is 0 Å². The van der Waals surface area contributed by atoms with Gasteiger partial charge in [-0.3, -0.25) is 4.98 Å². The molecule has 0 saturated carbocycles. The summed E-state index contributed by atoms with van der Waals surface area (Å²) in [5.74, 6) is -1.14. The van der Waals surface area contributed by atoms with Gasteiger partial charge in [0.25, 0.3) is 0 Å². The highest BCUT2D eigenvalue weighted by Gasteiger charge is 2.17. The molecular weight excluding hydrogens is 408 g/mol. The summed E-state index contributed by atoms with van der Waals surface area (Å²) in [5.41, 5.74) is 4.68. The summed E-state index contributed by atoms with van der Waals surface area (Å²) in [7, 11) is 0. The van der Waals surface area contributed by atoms with E-state index in [0.717, 1.165) is 38.4 Å². The largest absolute Gasteiger partial charge is 0.256 e. The standard InChI is InChI=1S/C27H21F2NS/c1-27(2,3)18-9-10-30-24(14-18)23-6-4-5-22-21-8-7-16(13-25(21)31-26(22)23)17-11-19(28)15-20(29)12-17/h4-15H,1-3H3. The summed E-state index contributed by atoms with van der Waals surface area (Å²) in [6.45, 7) is 6.59. The zero-order valence-electron chi connectivity index (χ0n) is 17.5. The Hall–Kier alpha value is -3.11. The molecule has 0 amide bonds. The Balaban J connectivity index is 1.69. The summed E-state index contributed by atoms with van der Waals surface area (Å²) < 4.78 is 29.7. The fraction of sp³-hybridized carbons (Fsp3) is 0.148. The van der Waals surface area contributed by atoms with Crippen LogP contribution in [0.2, 0.25) is 0 Å². The first kappa shape index (κ1) is 19.8. The van der Waals surface area contributed by atoms with E-state index < -0.39 is 11.6 Å². The van der Waals surface area contributed by atoms with Crippen molar-refractivity contribution >= 4 is 31.5 Å². The summed E-state index contributed by atoms with van der Waals surface area (Å²) >= 11 is 1.69. The van der Waals surface area contributed by atoms with Gasteiger partial charge in [0.05, 0.1) is 5.69 Å². The SMILES string of the molecule is CC(C)(C)c1ccnc(-c2cccc3c2sc2cc(-c4cc(F)cc(F)c4)ccc23)c1. The van der Waals surface area contributed by atoms with E-state index in [-0.39, 0.29) is 5.41 Å². The Labute approximate surface area is 184 Å². The topological polar surface area (TPSA) is 12.9 Å². The van der Waals surface area contributed by atoms with Gasteiger partial charge in [0, 0.05) is 38.0 Å². The van der Waals surface area contributed by atoms with Crippen molar-refractivity contribution in [1.29, 1.82) is 0 Å². The molecule has 0 radical (unpaired) electrons. The van der Waals surface area contributed by atoms with Gasteiger partial charge in [0.1, 0.15) is 11.6 Å². The molecular formula is C27H21F2NS. The molecule has 154 valence electrons. The summed E-state index contributed by atoms with van der Waals surface area (Å²) in [4.78, 5) is 4.65. The third kappa shape index (κ3) is 3.61. The van der Waals surface area contributed by atoms with Gasteiger partial charge in [-0.1, -0.05) is 51.1 Å². The Bertz CT molecular complexity index is 1420. The van der Waals surface area contributed by atoms with Gasteiger partial charge in [-0.25, -0.2) is 8.78 Å². The minimum Gasteiger partial charge on any atom is -0.256 e. The van der Waals surface area contributed by atoms with Gasteiger partial charge in [-0.15, -0.1) is 11.3 Å². The van der Waals surface area contributed by atoms with Gasteiger partial charge in [-0.2, -0.15) is 0 Å². The molecule has 0 bridgehead atoms. The fourth-order valence-corrected chi connectivity index (χ4v) is 5.21. The molecule has 2 heterocycles. The van der Waals surface area contributed by atoms with E-state index in [9.17, 15) is 8.78 Å². The summed E-state index contributed by atoms with van der Waals surface area (Å²) in [6, 6.07) is 20.1. The van der Waals surface area contributed by atoms with Gasteiger partial charge in [0.2, 0.25) is 0 Å². The summed E-state index contributed by atoms with van der Waals surface area (Å²) in [6.07, 6.45) is 1.87. The Kier molecular flexibility index (Phi) is 4.63. The molecule has 31 heavy (non-hydrogen) atoms. The van der Waals surface area contributed by atoms with Crippen molar-refractivity contribution in [2.75, 3.05) is 0 Å². The van der Waals surface area contributed by atoms with Crippen molar-refractivity contribution < 1.29 is 8.78 Å². The highest BCUT2D eigenvalue weighted by molar-refractivity contribution is 7.26. The molecule has 0 aliphatic rings. The van der Waals surface area contributed by atoms with Gasteiger partial charge < -0.3 is 0 Å². The van der Waals surface area contributed by atoms with E-state index in [0.29, 0.717) is 5.56 Å². The lowest BCUT2D eigenvalue weighted by Gasteiger charge is -2.19. The van der Waals surface area contributed by atoms with Crippen molar-refractivity contribution in [2.45, 2.75) is 26.2 Å². The van der Waals surface area contributed by atoms with Crippen LogP contribution in [0.25, 0.3) is 42.6 Å². The number of benzene rings is 3. The maximum absolute atomic E-state index is 13.7. The number of hydrogen-bond donors (Lipinski definition) is 0. The van der Waals surface area contributed by atoms with E-state index in [2.05, 4.69) is 56.1 Å². The van der Waals surface area contributed by atoms with E-state index in [4.69, 9.17) is 0 Å². The molecule has 0 aliphatic heterocycles. The van der Waals surface area contributed by atoms with E-state index >= 15 is 0 Å². The highest BCUT2D eigenvalue weighted by Crippen LogP contribution is 2.41. The lowest BCUT2D eigenvalue weighted by atomic mass is 9.87. The monoisotopic (exact) mass is 429 g/mol. The van der Waals surface area contributed by atoms with Crippen LogP contribution in [-0.2, 0) is 5.41 Å². The molecule has 0 unspecified atom stereocenters. The number of aromatic nitrogens is 1. The van der Waals surface area contributed by atoms with Gasteiger partial charge >= 0.3 is 0 Å². The smallest absolute Gasteiger partial charge is 0.126 e. The Morgan fingerprint density at radius 2 is 1.55 bits per heavy atom. The van der Waals surface area contributed by atoms with Crippen LogP contribution in [0.15, 0.2) is 72.9 Å². The maximum atomic E-state index is 13.7. The molecule has 0 atom stereocenters. The van der Waals surface area contributed by atoms with Crippen LogP contribution in [-0.4, -0.2) is 4.98 Å². The van der Waals surface area contributed by atoms with E-state index in [1.54, 1.807) is 11.3 Å². The predicted molar refractivity (Wildman–Crippen MR) is 127 cm³/mol. The highest BCUT2D eigenvalue weighted by atomic mass is 32.1. The number of pyridine rings is 1. The zero-order chi connectivity index (χ0) is 21.8. The normalized spacial score (nSPS) is 12.0. The number of hydrogen-bond acceptors (Lipinski definition) is 2. The van der Waals surface area contributed by atoms with Crippen LogP contribution in [0.4, 0.5) is 8.78 Å². The first-order chi connectivity index (χ1) is 14.8. The molecule has 5 aromatic rings. The maximum Gasteiger partial charge on any atom is 0.126 e. The molecule has 0 spiro atoms. The molecule has 0 N–H and O–H groups in total. The first-order valence-corrected chi connectivity index (χ1v) is 11.0. The van der Waals surface area contributed by atoms with Crippen LogP contribution in [0, 0.1) is 11.6 Å². The number of fused-ring (bicyclic) bond motifs is 3. The van der Waals surface area contributed by atoms with Crippen LogP contribution < -0.4 is 0 Å². The third-order valence-corrected chi connectivity index (χ3v) is 6.80. The van der Waals surface area contributed by atoms with Gasteiger partial charge in [-0.05, 0) is 52.4 Å². The first-order valence-electron chi connectivity index (χ1n) is 10.2. The molecule has 2 aromatic heterocycles. The lowest BCUT2D eigenvalue weighted by molar-refractivity contribution is 0.584. The number of thiophene rings is 1. The molecule has 0 aliphatic carbocycles. The van der Waals surface area contributed by atoms with Crippen molar-refractivity contribution in [3.8, 4) is 22.4 Å². The van der Waals surface area contributed by atoms with E-state index in [1.165, 1.54) is 22.4 Å². The molecule has 0 fully saturated rings.